The molecule has 0 aliphatic carbocycles. The molecule has 0 unspecified atom stereocenters. The predicted octanol–water partition coefficient (Wildman–Crippen LogP) is 0.887. The van der Waals surface area contributed by atoms with Crippen LogP contribution in [0.3, 0.4) is 0 Å². The molecule has 106 valence electrons. The van der Waals surface area contributed by atoms with Crippen molar-refractivity contribution in [3.63, 3.8) is 0 Å². The predicted molar refractivity (Wildman–Crippen MR) is 75.1 cm³/mol. The molecule has 1 fully saturated rings. The van der Waals surface area contributed by atoms with E-state index in [1.165, 1.54) is 6.07 Å². The van der Waals surface area contributed by atoms with Gasteiger partial charge in [0.05, 0.1) is 16.7 Å². The summed E-state index contributed by atoms with van der Waals surface area (Å²) < 4.78 is 0. The van der Waals surface area contributed by atoms with Gasteiger partial charge in [0.25, 0.3) is 5.69 Å². The summed E-state index contributed by atoms with van der Waals surface area (Å²) in [5.74, 6) is -0.0869. The molecule has 0 atom stereocenters. The lowest BCUT2D eigenvalue weighted by atomic mass is 10.00. The van der Waals surface area contributed by atoms with E-state index in [-0.39, 0.29) is 22.6 Å². The van der Waals surface area contributed by atoms with Crippen molar-refractivity contribution >= 4 is 23.0 Å². The number of hydrogen-bond donors (Lipinski definition) is 2. The van der Waals surface area contributed by atoms with E-state index in [2.05, 4.69) is 10.6 Å². The number of likely N-dealkylation sites (N-methyl/N-ethyl adjacent to an activating group) is 1. The Morgan fingerprint density at radius 2 is 2.10 bits per heavy atom. The topological polar surface area (TPSA) is 87.5 Å². The summed E-state index contributed by atoms with van der Waals surface area (Å²) in [7, 11) is 1.88. The van der Waals surface area contributed by atoms with E-state index in [1.54, 1.807) is 0 Å². The van der Waals surface area contributed by atoms with Crippen LogP contribution in [-0.4, -0.2) is 37.0 Å². The molecule has 0 saturated carbocycles. The molecule has 0 spiro atoms. The van der Waals surface area contributed by atoms with E-state index in [0.29, 0.717) is 24.2 Å². The number of nitrogens with one attached hydrogen (secondary N) is 2. The van der Waals surface area contributed by atoms with Crippen LogP contribution >= 0.6 is 0 Å². The Labute approximate surface area is 116 Å². The van der Waals surface area contributed by atoms with E-state index in [9.17, 15) is 14.9 Å². The molecule has 0 aromatic heterocycles. The van der Waals surface area contributed by atoms with Crippen molar-refractivity contribution in [1.82, 2.24) is 5.32 Å². The van der Waals surface area contributed by atoms with Crippen LogP contribution in [0.15, 0.2) is 12.1 Å². The SMILES string of the molecule is CN(c1cc2c(cc1[N+](=O)[O-])NC(=O)CC2)C1CNC1. The summed E-state index contributed by atoms with van der Waals surface area (Å²) in [4.78, 5) is 24.2. The third-order valence-corrected chi connectivity index (χ3v) is 3.98. The number of aryl methyl sites for hydroxylation is 1. The second kappa shape index (κ2) is 4.75. The lowest BCUT2D eigenvalue weighted by Gasteiger charge is -2.37. The standard InChI is InChI=1S/C13H16N4O3/c1-16(9-6-14-7-9)11-4-8-2-3-13(18)15-10(8)5-12(11)17(19)20/h4-5,9,14H,2-3,6-7H2,1H3,(H,15,18). The minimum atomic E-state index is -0.390. The van der Waals surface area contributed by atoms with Crippen LogP contribution in [0.2, 0.25) is 0 Å². The van der Waals surface area contributed by atoms with Gasteiger partial charge in [-0.25, -0.2) is 0 Å². The van der Waals surface area contributed by atoms with Crippen LogP contribution in [0, 0.1) is 10.1 Å². The van der Waals surface area contributed by atoms with Crippen molar-refractivity contribution in [1.29, 1.82) is 0 Å². The molecule has 2 heterocycles. The maximum atomic E-state index is 11.4. The van der Waals surface area contributed by atoms with Gasteiger partial charge >= 0.3 is 0 Å². The highest BCUT2D eigenvalue weighted by molar-refractivity contribution is 5.95. The highest BCUT2D eigenvalue weighted by atomic mass is 16.6. The monoisotopic (exact) mass is 276 g/mol. The Morgan fingerprint density at radius 3 is 2.70 bits per heavy atom. The molecule has 2 aliphatic heterocycles. The minimum Gasteiger partial charge on any atom is -0.363 e. The van der Waals surface area contributed by atoms with E-state index < -0.39 is 0 Å². The molecule has 0 radical (unpaired) electrons. The van der Waals surface area contributed by atoms with E-state index >= 15 is 0 Å². The quantitative estimate of drug-likeness (QED) is 0.632. The number of hydrogen-bond acceptors (Lipinski definition) is 5. The van der Waals surface area contributed by atoms with Gasteiger partial charge in [-0.05, 0) is 18.1 Å². The Morgan fingerprint density at radius 1 is 1.35 bits per heavy atom. The van der Waals surface area contributed by atoms with Gasteiger partial charge in [-0.3, -0.25) is 14.9 Å². The lowest BCUT2D eigenvalue weighted by Crippen LogP contribution is -2.56. The lowest BCUT2D eigenvalue weighted by molar-refractivity contribution is -0.384. The van der Waals surface area contributed by atoms with Crippen molar-refractivity contribution in [3.8, 4) is 0 Å². The maximum Gasteiger partial charge on any atom is 0.294 e. The molecule has 7 nitrogen and oxygen atoms in total. The Balaban J connectivity index is 2.03. The van der Waals surface area contributed by atoms with Crippen molar-refractivity contribution in [2.24, 2.45) is 0 Å². The molecule has 2 N–H and O–H groups in total. The molecule has 1 saturated heterocycles. The van der Waals surface area contributed by atoms with Gasteiger partial charge in [-0.2, -0.15) is 0 Å². The Kier molecular flexibility index (Phi) is 3.06. The first-order valence-electron chi connectivity index (χ1n) is 6.61. The van der Waals surface area contributed by atoms with Gasteiger partial charge in [-0.1, -0.05) is 0 Å². The molecule has 1 amide bonds. The number of amides is 1. The fourth-order valence-corrected chi connectivity index (χ4v) is 2.58. The van der Waals surface area contributed by atoms with Gasteiger partial charge in [-0.15, -0.1) is 0 Å². The molecular weight excluding hydrogens is 260 g/mol. The summed E-state index contributed by atoms with van der Waals surface area (Å²) >= 11 is 0. The van der Waals surface area contributed by atoms with Crippen molar-refractivity contribution < 1.29 is 9.72 Å². The first kappa shape index (κ1) is 12.9. The van der Waals surface area contributed by atoms with E-state index in [1.807, 2.05) is 18.0 Å². The summed E-state index contributed by atoms with van der Waals surface area (Å²) in [5.41, 5.74) is 2.19. The number of anilines is 2. The van der Waals surface area contributed by atoms with Crippen LogP contribution in [-0.2, 0) is 11.2 Å². The highest BCUT2D eigenvalue weighted by Gasteiger charge is 2.29. The minimum absolute atomic E-state index is 0.0420. The maximum absolute atomic E-state index is 11.4. The number of rotatable bonds is 3. The van der Waals surface area contributed by atoms with Crippen LogP contribution < -0.4 is 15.5 Å². The van der Waals surface area contributed by atoms with Crippen molar-refractivity contribution in [2.45, 2.75) is 18.9 Å². The Hall–Kier alpha value is -2.15. The van der Waals surface area contributed by atoms with Gasteiger partial charge in [0.2, 0.25) is 5.91 Å². The summed E-state index contributed by atoms with van der Waals surface area (Å²) in [6.07, 6.45) is 1.06. The third kappa shape index (κ3) is 2.09. The number of nitro groups is 1. The number of fused-ring (bicyclic) bond motifs is 1. The fourth-order valence-electron chi connectivity index (χ4n) is 2.58. The molecule has 1 aromatic rings. The highest BCUT2D eigenvalue weighted by Crippen LogP contribution is 2.36. The fraction of sp³-hybridized carbons (Fsp3) is 0.462. The van der Waals surface area contributed by atoms with Gasteiger partial charge < -0.3 is 15.5 Å². The average molecular weight is 276 g/mol. The first-order valence-corrected chi connectivity index (χ1v) is 6.61. The zero-order chi connectivity index (χ0) is 14.3. The molecule has 0 bridgehead atoms. The van der Waals surface area contributed by atoms with Crippen molar-refractivity contribution in [2.75, 3.05) is 30.4 Å². The zero-order valence-corrected chi connectivity index (χ0v) is 11.2. The second-order valence-corrected chi connectivity index (χ2v) is 5.23. The molecule has 1 aromatic carbocycles. The third-order valence-electron chi connectivity index (χ3n) is 3.98. The molecule has 7 heteroatoms. The summed E-state index contributed by atoms with van der Waals surface area (Å²) in [6.45, 7) is 1.67. The normalized spacial score (nSPS) is 17.9. The Bertz CT molecular complexity index is 583. The summed E-state index contributed by atoms with van der Waals surface area (Å²) in [6, 6.07) is 3.60. The van der Waals surface area contributed by atoms with E-state index in [4.69, 9.17) is 0 Å². The largest absolute Gasteiger partial charge is 0.363 e. The second-order valence-electron chi connectivity index (χ2n) is 5.23. The molecule has 2 aliphatic rings. The van der Waals surface area contributed by atoms with Gasteiger partial charge in [0.15, 0.2) is 0 Å². The van der Waals surface area contributed by atoms with Gasteiger partial charge in [0, 0.05) is 32.6 Å². The first-order chi connectivity index (χ1) is 9.56. The number of carbonyl (C=O) groups is 1. The number of carbonyl (C=O) groups excluding carboxylic acids is 1. The number of nitro benzene ring substituents is 1. The smallest absolute Gasteiger partial charge is 0.294 e. The number of nitrogens with zero attached hydrogens (tertiary/aromatic N) is 2. The van der Waals surface area contributed by atoms with Crippen LogP contribution in [0.5, 0.6) is 0 Å². The molecule has 3 rings (SSSR count). The van der Waals surface area contributed by atoms with Crippen LogP contribution in [0.1, 0.15) is 12.0 Å². The van der Waals surface area contributed by atoms with Crippen molar-refractivity contribution in [3.05, 3.63) is 27.8 Å². The zero-order valence-electron chi connectivity index (χ0n) is 11.2. The summed E-state index contributed by atoms with van der Waals surface area (Å²) in [5, 5.41) is 17.1. The van der Waals surface area contributed by atoms with E-state index in [0.717, 1.165) is 18.7 Å². The van der Waals surface area contributed by atoms with Crippen LogP contribution in [0.4, 0.5) is 17.1 Å². The van der Waals surface area contributed by atoms with Crippen LogP contribution in [0.25, 0.3) is 0 Å². The molecule has 20 heavy (non-hydrogen) atoms. The number of benzene rings is 1. The average Bonchev–Trinajstić information content (AvgIpc) is 2.34. The molecular formula is C13H16N4O3. The van der Waals surface area contributed by atoms with Gasteiger partial charge in [0.1, 0.15) is 5.69 Å².